The van der Waals surface area contributed by atoms with Crippen molar-refractivity contribution >= 4 is 11.6 Å². The van der Waals surface area contributed by atoms with E-state index in [0.717, 1.165) is 55.7 Å². The number of carbonyl (C=O) groups excluding carboxylic acids is 1. The molecule has 156 valence electrons. The van der Waals surface area contributed by atoms with E-state index in [0.29, 0.717) is 11.6 Å². The highest BCUT2D eigenvalue weighted by Crippen LogP contribution is 2.30. The lowest BCUT2D eigenvalue weighted by Crippen LogP contribution is -2.39. The van der Waals surface area contributed by atoms with E-state index in [2.05, 4.69) is 20.6 Å². The van der Waals surface area contributed by atoms with E-state index in [9.17, 15) is 18.0 Å². The van der Waals surface area contributed by atoms with E-state index in [1.807, 2.05) is 13.0 Å². The fourth-order valence-corrected chi connectivity index (χ4v) is 3.61. The number of nitrogens with one attached hydrogen (secondary N) is 2. The molecule has 2 heterocycles. The average molecular weight is 406 g/mol. The van der Waals surface area contributed by atoms with Gasteiger partial charge < -0.3 is 10.6 Å². The van der Waals surface area contributed by atoms with E-state index in [-0.39, 0.29) is 11.6 Å². The van der Waals surface area contributed by atoms with Crippen molar-refractivity contribution in [2.45, 2.75) is 51.7 Å². The summed E-state index contributed by atoms with van der Waals surface area (Å²) in [6.07, 6.45) is 3.33. The Morgan fingerprint density at radius 3 is 2.48 bits per heavy atom. The van der Waals surface area contributed by atoms with E-state index < -0.39 is 17.6 Å². The highest BCUT2D eigenvalue weighted by molar-refractivity contribution is 5.95. The first kappa shape index (κ1) is 21.1. The average Bonchev–Trinajstić information content (AvgIpc) is 2.67. The zero-order valence-electron chi connectivity index (χ0n) is 16.5. The van der Waals surface area contributed by atoms with Crippen LogP contribution in [-0.2, 0) is 6.18 Å². The Labute approximate surface area is 168 Å². The van der Waals surface area contributed by atoms with Crippen LogP contribution >= 0.6 is 0 Å². The van der Waals surface area contributed by atoms with Crippen molar-refractivity contribution in [2.24, 2.45) is 5.92 Å². The Balaban J connectivity index is 1.51. The number of amides is 1. The third kappa shape index (κ3) is 5.68. The van der Waals surface area contributed by atoms with Gasteiger partial charge in [0, 0.05) is 36.9 Å². The molecule has 1 amide bonds. The predicted molar refractivity (Wildman–Crippen MR) is 105 cm³/mol. The summed E-state index contributed by atoms with van der Waals surface area (Å²) in [6, 6.07) is 2.89. The molecule has 1 aliphatic rings. The summed E-state index contributed by atoms with van der Waals surface area (Å²) < 4.78 is 38.7. The molecular weight excluding hydrogens is 381 g/mol. The standard InChI is InChI=1S/C21H25F3N4O/c1-13-7-18(12-25-9-13)27-10-15-3-5-17(6-4-15)28-20(29)19-8-16(21(22,23)24)11-26-14(19)2/h7-9,11-12,15,17,27H,3-6,10H2,1-2H3,(H,28,29). The van der Waals surface area contributed by atoms with Crippen LogP contribution in [0.2, 0.25) is 0 Å². The van der Waals surface area contributed by atoms with Gasteiger partial charge in [-0.3, -0.25) is 14.8 Å². The van der Waals surface area contributed by atoms with Gasteiger partial charge in [0.2, 0.25) is 0 Å². The number of anilines is 1. The molecule has 3 rings (SSSR count). The van der Waals surface area contributed by atoms with Gasteiger partial charge in [-0.15, -0.1) is 0 Å². The Morgan fingerprint density at radius 1 is 1.10 bits per heavy atom. The highest BCUT2D eigenvalue weighted by Gasteiger charge is 2.32. The molecule has 8 heteroatoms. The number of hydrogen-bond acceptors (Lipinski definition) is 4. The number of nitrogens with zero attached hydrogens (tertiary/aromatic N) is 2. The molecule has 1 aliphatic carbocycles. The normalized spacial score (nSPS) is 19.6. The minimum absolute atomic E-state index is 0.0180. The van der Waals surface area contributed by atoms with Gasteiger partial charge in [0.25, 0.3) is 5.91 Å². The first-order valence-electron chi connectivity index (χ1n) is 9.72. The van der Waals surface area contributed by atoms with Gasteiger partial charge in [0.1, 0.15) is 0 Å². The smallest absolute Gasteiger partial charge is 0.384 e. The van der Waals surface area contributed by atoms with Crippen LogP contribution in [0.1, 0.15) is 52.9 Å². The Morgan fingerprint density at radius 2 is 1.83 bits per heavy atom. The minimum Gasteiger partial charge on any atom is -0.384 e. The van der Waals surface area contributed by atoms with Crippen LogP contribution in [0.3, 0.4) is 0 Å². The fourth-order valence-electron chi connectivity index (χ4n) is 3.61. The number of aryl methyl sites for hydroxylation is 2. The molecular formula is C21H25F3N4O. The second-order valence-electron chi connectivity index (χ2n) is 7.68. The second kappa shape index (κ2) is 8.80. The lowest BCUT2D eigenvalue weighted by atomic mass is 9.86. The van der Waals surface area contributed by atoms with Crippen molar-refractivity contribution in [3.63, 3.8) is 0 Å². The van der Waals surface area contributed by atoms with Crippen molar-refractivity contribution in [2.75, 3.05) is 11.9 Å². The zero-order chi connectivity index (χ0) is 21.0. The van der Waals surface area contributed by atoms with E-state index in [4.69, 9.17) is 0 Å². The van der Waals surface area contributed by atoms with Crippen molar-refractivity contribution in [3.05, 3.63) is 53.1 Å². The quantitative estimate of drug-likeness (QED) is 0.767. The zero-order valence-corrected chi connectivity index (χ0v) is 16.5. The summed E-state index contributed by atoms with van der Waals surface area (Å²) in [6.45, 7) is 4.37. The van der Waals surface area contributed by atoms with Crippen molar-refractivity contribution in [1.82, 2.24) is 15.3 Å². The molecule has 0 saturated heterocycles. The summed E-state index contributed by atoms with van der Waals surface area (Å²) in [4.78, 5) is 20.4. The Kier molecular flexibility index (Phi) is 6.39. The van der Waals surface area contributed by atoms with Crippen molar-refractivity contribution < 1.29 is 18.0 Å². The highest BCUT2D eigenvalue weighted by atomic mass is 19.4. The maximum Gasteiger partial charge on any atom is 0.417 e. The topological polar surface area (TPSA) is 66.9 Å². The van der Waals surface area contributed by atoms with Crippen LogP contribution in [-0.4, -0.2) is 28.5 Å². The van der Waals surface area contributed by atoms with E-state index in [1.54, 1.807) is 12.4 Å². The van der Waals surface area contributed by atoms with Crippen LogP contribution < -0.4 is 10.6 Å². The number of halogens is 3. The molecule has 0 bridgehead atoms. The third-order valence-electron chi connectivity index (χ3n) is 5.31. The van der Waals surface area contributed by atoms with Gasteiger partial charge in [-0.1, -0.05) is 0 Å². The molecule has 0 radical (unpaired) electrons. The minimum atomic E-state index is -4.52. The molecule has 5 nitrogen and oxygen atoms in total. The maximum absolute atomic E-state index is 12.9. The molecule has 1 fully saturated rings. The molecule has 0 atom stereocenters. The van der Waals surface area contributed by atoms with Gasteiger partial charge >= 0.3 is 6.18 Å². The summed E-state index contributed by atoms with van der Waals surface area (Å²) in [7, 11) is 0. The summed E-state index contributed by atoms with van der Waals surface area (Å²) >= 11 is 0. The molecule has 1 saturated carbocycles. The lowest BCUT2D eigenvalue weighted by molar-refractivity contribution is -0.137. The molecule has 0 unspecified atom stereocenters. The van der Waals surface area contributed by atoms with Gasteiger partial charge in [-0.05, 0) is 63.1 Å². The molecule has 0 spiro atoms. The number of aromatic nitrogens is 2. The predicted octanol–water partition coefficient (Wildman–Crippen LogP) is 4.51. The van der Waals surface area contributed by atoms with Crippen LogP contribution in [0.5, 0.6) is 0 Å². The van der Waals surface area contributed by atoms with Crippen LogP contribution in [0.25, 0.3) is 0 Å². The first-order valence-corrected chi connectivity index (χ1v) is 9.72. The third-order valence-corrected chi connectivity index (χ3v) is 5.31. The van der Waals surface area contributed by atoms with Crippen LogP contribution in [0, 0.1) is 19.8 Å². The SMILES string of the molecule is Cc1cncc(NCC2CCC(NC(=O)c3cc(C(F)(F)F)cnc3C)CC2)c1. The molecule has 2 aromatic heterocycles. The number of alkyl halides is 3. The number of pyridine rings is 2. The monoisotopic (exact) mass is 406 g/mol. The fraction of sp³-hybridized carbons (Fsp3) is 0.476. The molecule has 2 aromatic rings. The summed E-state index contributed by atoms with van der Waals surface area (Å²) in [5, 5.41) is 6.28. The molecule has 0 aliphatic heterocycles. The second-order valence-corrected chi connectivity index (χ2v) is 7.68. The first-order chi connectivity index (χ1) is 13.7. The van der Waals surface area contributed by atoms with Gasteiger partial charge in [-0.2, -0.15) is 13.2 Å². The van der Waals surface area contributed by atoms with Crippen molar-refractivity contribution in [3.8, 4) is 0 Å². The lowest BCUT2D eigenvalue weighted by Gasteiger charge is -2.29. The Bertz CT molecular complexity index is 861. The van der Waals surface area contributed by atoms with Gasteiger partial charge in [0.05, 0.1) is 16.8 Å². The van der Waals surface area contributed by atoms with Crippen molar-refractivity contribution in [1.29, 1.82) is 0 Å². The molecule has 2 N–H and O–H groups in total. The van der Waals surface area contributed by atoms with Crippen LogP contribution in [0.15, 0.2) is 30.7 Å². The Hall–Kier alpha value is -2.64. The van der Waals surface area contributed by atoms with Gasteiger partial charge in [0.15, 0.2) is 0 Å². The largest absolute Gasteiger partial charge is 0.417 e. The van der Waals surface area contributed by atoms with E-state index >= 15 is 0 Å². The molecule has 29 heavy (non-hydrogen) atoms. The molecule has 0 aromatic carbocycles. The van der Waals surface area contributed by atoms with E-state index in [1.165, 1.54) is 6.92 Å². The number of carbonyl (C=O) groups is 1. The van der Waals surface area contributed by atoms with Gasteiger partial charge in [-0.25, -0.2) is 0 Å². The maximum atomic E-state index is 12.9. The number of rotatable bonds is 5. The summed E-state index contributed by atoms with van der Waals surface area (Å²) in [5.74, 6) is -0.00543. The number of hydrogen-bond donors (Lipinski definition) is 2. The summed E-state index contributed by atoms with van der Waals surface area (Å²) in [5.41, 5.74) is 1.46. The van der Waals surface area contributed by atoms with Crippen LogP contribution in [0.4, 0.5) is 18.9 Å².